The van der Waals surface area contributed by atoms with E-state index < -0.39 is 27.6 Å². The average molecular weight is 505 g/mol. The highest BCUT2D eigenvalue weighted by Crippen LogP contribution is 2.33. The molecule has 2 aromatic heterocycles. The summed E-state index contributed by atoms with van der Waals surface area (Å²) in [5.41, 5.74) is 0. The Morgan fingerprint density at radius 1 is 1.24 bits per heavy atom. The average Bonchev–Trinajstić information content (AvgIpc) is 3.46. The van der Waals surface area contributed by atoms with E-state index in [0.29, 0.717) is 30.5 Å². The largest absolute Gasteiger partial charge is 0.385 e. The molecule has 0 saturated carbocycles. The van der Waals surface area contributed by atoms with Crippen LogP contribution < -0.4 is 4.72 Å². The number of rotatable bonds is 12. The summed E-state index contributed by atoms with van der Waals surface area (Å²) in [5, 5.41) is 7.59. The number of hydrogen-bond acceptors (Lipinski definition) is 10. The molecule has 0 aliphatic carbocycles. The Labute approximate surface area is 198 Å². The van der Waals surface area contributed by atoms with E-state index >= 15 is 0 Å². The lowest BCUT2D eigenvalue weighted by Crippen LogP contribution is -2.34. The maximum Gasteiger partial charge on any atom is 0.240 e. The monoisotopic (exact) mass is 504 g/mol. The first-order valence-corrected chi connectivity index (χ1v) is 12.3. The maximum absolute atomic E-state index is 13.3. The third kappa shape index (κ3) is 5.97. The lowest BCUT2D eigenvalue weighted by atomic mass is 10.2. The third-order valence-corrected chi connectivity index (χ3v) is 7.26. The topological polar surface area (TPSA) is 140 Å². The van der Waals surface area contributed by atoms with E-state index in [1.165, 1.54) is 33.5 Å². The number of nitrogens with one attached hydrogen (secondary N) is 1. The van der Waals surface area contributed by atoms with E-state index in [4.69, 9.17) is 30.5 Å². The van der Waals surface area contributed by atoms with Crippen molar-refractivity contribution in [1.82, 2.24) is 24.7 Å². The van der Waals surface area contributed by atoms with Crippen LogP contribution in [0.4, 0.5) is 5.95 Å². The molecular formula is C19H29ClN6O6S. The highest BCUT2D eigenvalue weighted by molar-refractivity contribution is 7.93. The molecule has 1 aliphatic heterocycles. The Hall–Kier alpha value is -1.90. The van der Waals surface area contributed by atoms with Crippen LogP contribution in [-0.2, 0) is 29.0 Å². The highest BCUT2D eigenvalue weighted by atomic mass is 35.5. The molecule has 0 radical (unpaired) electrons. The highest BCUT2D eigenvalue weighted by Gasteiger charge is 2.36. The zero-order valence-corrected chi connectivity index (χ0v) is 20.5. The van der Waals surface area contributed by atoms with E-state index in [-0.39, 0.29) is 17.9 Å². The number of sulfonamides is 1. The van der Waals surface area contributed by atoms with Crippen molar-refractivity contribution < 1.29 is 27.4 Å². The molecule has 14 heteroatoms. The number of aromatic nitrogens is 5. The molecule has 2 aromatic rings. The molecular weight excluding hydrogens is 476 g/mol. The minimum absolute atomic E-state index is 0.0159. The van der Waals surface area contributed by atoms with Crippen LogP contribution in [0, 0.1) is 0 Å². The molecule has 3 rings (SSSR count). The number of hydrogen-bond donors (Lipinski definition) is 1. The number of halogens is 1. The van der Waals surface area contributed by atoms with Crippen LogP contribution in [0.2, 0.25) is 5.02 Å². The minimum atomic E-state index is -4.02. The summed E-state index contributed by atoms with van der Waals surface area (Å²) in [6.45, 7) is 2.49. The van der Waals surface area contributed by atoms with Crippen LogP contribution in [0.5, 0.6) is 0 Å². The van der Waals surface area contributed by atoms with Gasteiger partial charge >= 0.3 is 0 Å². The van der Waals surface area contributed by atoms with Crippen molar-refractivity contribution in [1.29, 1.82) is 0 Å². The molecule has 1 saturated heterocycles. The van der Waals surface area contributed by atoms with Crippen LogP contribution in [-0.4, -0.2) is 72.9 Å². The summed E-state index contributed by atoms with van der Waals surface area (Å²) in [5.74, 6) is 0.698. The standard InChI is InChI=1S/C19H29ClN6O6S/c1-12(16(31-4)17-21-10-13(20)11-22-17)33(27,28)25-19-24-23-18(14-6-5-8-32-14)26(19)15(30-3)7-9-29-2/h10-12,14-16H,5-9H2,1-4H3,(H,24,25)/t12-,14+,15?,16-/m0/s1. The second kappa shape index (κ2) is 11.5. The van der Waals surface area contributed by atoms with Crippen molar-refractivity contribution in [2.75, 3.05) is 39.3 Å². The van der Waals surface area contributed by atoms with Gasteiger partial charge in [-0.3, -0.25) is 9.29 Å². The van der Waals surface area contributed by atoms with Gasteiger partial charge in [0, 0.05) is 46.8 Å². The van der Waals surface area contributed by atoms with E-state index in [9.17, 15) is 8.42 Å². The molecule has 12 nitrogen and oxygen atoms in total. The zero-order chi connectivity index (χ0) is 24.0. The van der Waals surface area contributed by atoms with Crippen molar-refractivity contribution >= 4 is 27.6 Å². The summed E-state index contributed by atoms with van der Waals surface area (Å²) in [6, 6.07) is 0. The van der Waals surface area contributed by atoms with Crippen LogP contribution in [0.15, 0.2) is 12.4 Å². The van der Waals surface area contributed by atoms with E-state index in [2.05, 4.69) is 24.9 Å². The quantitative estimate of drug-likeness (QED) is 0.457. The SMILES string of the molecule is COCCC(OC)n1c(NS(=O)(=O)[C@@H](C)[C@H](OC)c2ncc(Cl)cn2)nnc1[C@H]1CCCO1. The predicted octanol–water partition coefficient (Wildman–Crippen LogP) is 2.27. The Kier molecular flexibility index (Phi) is 8.95. The lowest BCUT2D eigenvalue weighted by molar-refractivity contribution is 0.00823. The molecule has 4 atom stereocenters. The van der Waals surface area contributed by atoms with Gasteiger partial charge in [-0.05, 0) is 19.8 Å². The van der Waals surface area contributed by atoms with Crippen molar-refractivity contribution in [2.45, 2.75) is 49.9 Å². The fourth-order valence-electron chi connectivity index (χ4n) is 3.59. The molecule has 0 aromatic carbocycles. The van der Waals surface area contributed by atoms with Gasteiger partial charge in [0.2, 0.25) is 16.0 Å². The number of methoxy groups -OCH3 is 3. The fraction of sp³-hybridized carbons (Fsp3) is 0.684. The predicted molar refractivity (Wildman–Crippen MR) is 119 cm³/mol. The Morgan fingerprint density at radius 3 is 2.55 bits per heavy atom. The molecule has 1 aliphatic rings. The molecule has 0 spiro atoms. The second-order valence-corrected chi connectivity index (χ2v) is 9.97. The van der Waals surface area contributed by atoms with Gasteiger partial charge in [0.25, 0.3) is 0 Å². The second-order valence-electron chi connectivity index (χ2n) is 7.49. The summed E-state index contributed by atoms with van der Waals surface area (Å²) >= 11 is 5.84. The third-order valence-electron chi connectivity index (χ3n) is 5.37. The molecule has 1 fully saturated rings. The van der Waals surface area contributed by atoms with Crippen LogP contribution in [0.3, 0.4) is 0 Å². The van der Waals surface area contributed by atoms with Gasteiger partial charge in [0.1, 0.15) is 23.7 Å². The first kappa shape index (κ1) is 25.7. The van der Waals surface area contributed by atoms with E-state index in [1.54, 1.807) is 11.7 Å². The van der Waals surface area contributed by atoms with Gasteiger partial charge in [-0.15, -0.1) is 10.2 Å². The van der Waals surface area contributed by atoms with E-state index in [1.807, 2.05) is 0 Å². The minimum Gasteiger partial charge on any atom is -0.385 e. The fourth-order valence-corrected chi connectivity index (χ4v) is 4.82. The van der Waals surface area contributed by atoms with Gasteiger partial charge in [-0.2, -0.15) is 0 Å². The van der Waals surface area contributed by atoms with Crippen molar-refractivity contribution in [2.24, 2.45) is 0 Å². The van der Waals surface area contributed by atoms with Crippen molar-refractivity contribution in [3.8, 4) is 0 Å². The number of ether oxygens (including phenoxy) is 4. The Morgan fingerprint density at radius 2 is 1.97 bits per heavy atom. The van der Waals surface area contributed by atoms with Crippen molar-refractivity contribution in [3.05, 3.63) is 29.1 Å². The number of anilines is 1. The Bertz CT molecular complexity index is 999. The number of nitrogens with zero attached hydrogens (tertiary/aromatic N) is 5. The first-order valence-electron chi connectivity index (χ1n) is 10.4. The van der Waals surface area contributed by atoms with E-state index in [0.717, 1.165) is 12.8 Å². The van der Waals surface area contributed by atoms with Crippen LogP contribution in [0.25, 0.3) is 0 Å². The molecule has 184 valence electrons. The molecule has 3 heterocycles. The summed E-state index contributed by atoms with van der Waals surface area (Å²) < 4.78 is 52.7. The van der Waals surface area contributed by atoms with Crippen LogP contribution >= 0.6 is 11.6 Å². The maximum atomic E-state index is 13.3. The molecule has 0 amide bonds. The van der Waals surface area contributed by atoms with Gasteiger partial charge in [0.15, 0.2) is 11.6 Å². The molecule has 1 unspecified atom stereocenters. The van der Waals surface area contributed by atoms with Gasteiger partial charge < -0.3 is 18.9 Å². The Balaban J connectivity index is 1.92. The van der Waals surface area contributed by atoms with Gasteiger partial charge in [-0.1, -0.05) is 11.6 Å². The molecule has 33 heavy (non-hydrogen) atoms. The smallest absolute Gasteiger partial charge is 0.240 e. The van der Waals surface area contributed by atoms with Gasteiger partial charge in [-0.25, -0.2) is 18.4 Å². The normalized spacial score (nSPS) is 19.4. The van der Waals surface area contributed by atoms with Gasteiger partial charge in [0.05, 0.1) is 11.6 Å². The van der Waals surface area contributed by atoms with Crippen molar-refractivity contribution in [3.63, 3.8) is 0 Å². The summed E-state index contributed by atoms with van der Waals surface area (Å²) in [4.78, 5) is 8.19. The van der Waals surface area contributed by atoms with Crippen LogP contribution in [0.1, 0.15) is 56.3 Å². The summed E-state index contributed by atoms with van der Waals surface area (Å²) in [6.07, 6.45) is 3.03. The first-order chi connectivity index (χ1) is 15.8. The lowest BCUT2D eigenvalue weighted by Gasteiger charge is -2.24. The molecule has 0 bridgehead atoms. The summed E-state index contributed by atoms with van der Waals surface area (Å²) in [7, 11) is 0.476. The molecule has 1 N–H and O–H groups in total. The zero-order valence-electron chi connectivity index (χ0n) is 19.0.